The molecule has 6 nitrogen and oxygen atoms in total. The average Bonchev–Trinajstić information content (AvgIpc) is 3.40. The highest BCUT2D eigenvalue weighted by atomic mass is 19.4. The molecular formula is C23H21F3N4O2. The van der Waals surface area contributed by atoms with E-state index in [-0.39, 0.29) is 23.7 Å². The van der Waals surface area contributed by atoms with Gasteiger partial charge in [0.05, 0.1) is 0 Å². The number of rotatable bonds is 3. The van der Waals surface area contributed by atoms with Crippen molar-refractivity contribution < 1.29 is 22.5 Å². The summed E-state index contributed by atoms with van der Waals surface area (Å²) in [4.78, 5) is 18.7. The first-order valence-corrected chi connectivity index (χ1v) is 10.4. The van der Waals surface area contributed by atoms with E-state index in [9.17, 15) is 18.0 Å². The molecule has 0 aliphatic carbocycles. The van der Waals surface area contributed by atoms with E-state index in [0.717, 1.165) is 25.1 Å². The highest BCUT2D eigenvalue weighted by Crippen LogP contribution is 2.36. The Kier molecular flexibility index (Phi) is 5.00. The summed E-state index contributed by atoms with van der Waals surface area (Å²) in [6.07, 6.45) is -3.89. The fourth-order valence-corrected chi connectivity index (χ4v) is 4.56. The third-order valence-corrected chi connectivity index (χ3v) is 6.22. The Labute approximate surface area is 182 Å². The van der Waals surface area contributed by atoms with Crippen molar-refractivity contribution in [1.82, 2.24) is 20.4 Å². The number of hydrogen-bond acceptors (Lipinski definition) is 5. The number of aromatic nitrogens is 2. The van der Waals surface area contributed by atoms with Crippen molar-refractivity contribution in [3.05, 3.63) is 70.6 Å². The van der Waals surface area contributed by atoms with Gasteiger partial charge < -0.3 is 14.7 Å². The molecular weight excluding hydrogens is 421 g/mol. The number of amides is 1. The van der Waals surface area contributed by atoms with E-state index in [2.05, 4.69) is 44.2 Å². The van der Waals surface area contributed by atoms with Crippen molar-refractivity contribution in [2.75, 3.05) is 13.1 Å². The van der Waals surface area contributed by atoms with E-state index < -0.39 is 12.1 Å². The quantitative estimate of drug-likeness (QED) is 0.660. The Bertz CT molecular complexity index is 1160. The van der Waals surface area contributed by atoms with Gasteiger partial charge in [-0.05, 0) is 37.1 Å². The van der Waals surface area contributed by atoms with E-state index in [4.69, 9.17) is 0 Å². The number of carbonyl (C=O) groups excluding carboxylic acids is 1. The molecule has 1 fully saturated rings. The van der Waals surface area contributed by atoms with Gasteiger partial charge in [-0.25, -0.2) is 0 Å². The van der Waals surface area contributed by atoms with Crippen LogP contribution in [-0.2, 0) is 12.7 Å². The van der Waals surface area contributed by atoms with Gasteiger partial charge in [-0.3, -0.25) is 4.79 Å². The molecule has 166 valence electrons. The van der Waals surface area contributed by atoms with E-state index in [1.807, 2.05) is 11.8 Å². The normalized spacial score (nSPS) is 21.1. The van der Waals surface area contributed by atoms with Gasteiger partial charge in [-0.2, -0.15) is 18.2 Å². The molecule has 1 saturated heterocycles. The minimum Gasteiger partial charge on any atom is -0.331 e. The second kappa shape index (κ2) is 7.74. The van der Waals surface area contributed by atoms with E-state index in [1.165, 1.54) is 11.1 Å². The van der Waals surface area contributed by atoms with E-state index in [0.29, 0.717) is 17.7 Å². The number of hydrogen-bond donors (Lipinski definition) is 1. The van der Waals surface area contributed by atoms with Crippen LogP contribution in [0.3, 0.4) is 0 Å². The number of benzene rings is 2. The predicted octanol–water partition coefficient (Wildman–Crippen LogP) is 4.17. The highest BCUT2D eigenvalue weighted by Gasteiger charge is 2.40. The molecule has 2 aliphatic heterocycles. The highest BCUT2D eigenvalue weighted by molar-refractivity contribution is 5.99. The largest absolute Gasteiger partial charge is 0.471 e. The van der Waals surface area contributed by atoms with Crippen LogP contribution in [-0.4, -0.2) is 40.1 Å². The van der Waals surface area contributed by atoms with Crippen LogP contribution in [0, 0.1) is 6.92 Å². The van der Waals surface area contributed by atoms with Gasteiger partial charge in [0.2, 0.25) is 5.82 Å². The number of fused-ring (bicyclic) bond motifs is 1. The standard InChI is InChI=1S/C23H21F3N4O2/c1-13-2-4-14(5-3-13)18-11-27-9-8-19(18)30-12-16-7-6-15(10-17(16)21(30)31)20-28-22(32-29-20)23(24,25)26/h2-7,10,18-19,27H,8-9,11-12H2,1H3/t18-,19?/m0/s1. The summed E-state index contributed by atoms with van der Waals surface area (Å²) in [6, 6.07) is 13.4. The lowest BCUT2D eigenvalue weighted by Crippen LogP contribution is -2.48. The average molecular weight is 442 g/mol. The number of aryl methyl sites for hydroxylation is 1. The summed E-state index contributed by atoms with van der Waals surface area (Å²) in [6.45, 7) is 4.12. The molecule has 5 rings (SSSR count). The Morgan fingerprint density at radius 3 is 2.66 bits per heavy atom. The zero-order chi connectivity index (χ0) is 22.5. The molecule has 1 aromatic heterocycles. The van der Waals surface area contributed by atoms with Crippen LogP contribution in [0.15, 0.2) is 47.0 Å². The zero-order valence-corrected chi connectivity index (χ0v) is 17.3. The van der Waals surface area contributed by atoms with Crippen LogP contribution in [0.5, 0.6) is 0 Å². The molecule has 0 spiro atoms. The van der Waals surface area contributed by atoms with Crippen LogP contribution < -0.4 is 5.32 Å². The Hall–Kier alpha value is -3.20. The zero-order valence-electron chi connectivity index (χ0n) is 17.3. The summed E-state index contributed by atoms with van der Waals surface area (Å²) in [7, 11) is 0. The minimum absolute atomic E-state index is 0.0318. The molecule has 2 aliphatic rings. The maximum atomic E-state index is 13.3. The van der Waals surface area contributed by atoms with Crippen molar-refractivity contribution in [3.8, 4) is 11.4 Å². The monoisotopic (exact) mass is 442 g/mol. The van der Waals surface area contributed by atoms with Gasteiger partial charge in [0, 0.05) is 36.2 Å². The van der Waals surface area contributed by atoms with Gasteiger partial charge in [-0.15, -0.1) is 0 Å². The summed E-state index contributed by atoms with van der Waals surface area (Å²) < 4.78 is 42.7. The molecule has 2 atom stereocenters. The van der Waals surface area contributed by atoms with Crippen LogP contribution in [0.25, 0.3) is 11.4 Å². The van der Waals surface area contributed by atoms with Crippen molar-refractivity contribution in [2.24, 2.45) is 0 Å². The lowest BCUT2D eigenvalue weighted by atomic mass is 9.85. The van der Waals surface area contributed by atoms with E-state index in [1.54, 1.807) is 18.2 Å². The van der Waals surface area contributed by atoms with Gasteiger partial charge in [-0.1, -0.05) is 47.1 Å². The SMILES string of the molecule is Cc1ccc([C@@H]2CNCCC2N2Cc3ccc(-c4noc(C(F)(F)F)n4)cc3C2=O)cc1. The molecule has 1 amide bonds. The lowest BCUT2D eigenvalue weighted by Gasteiger charge is -2.38. The van der Waals surface area contributed by atoms with Crippen molar-refractivity contribution in [3.63, 3.8) is 0 Å². The Morgan fingerprint density at radius 2 is 1.94 bits per heavy atom. The molecule has 3 heterocycles. The molecule has 1 N–H and O–H groups in total. The van der Waals surface area contributed by atoms with Gasteiger partial charge in [0.1, 0.15) is 0 Å². The van der Waals surface area contributed by atoms with Crippen LogP contribution >= 0.6 is 0 Å². The summed E-state index contributed by atoms with van der Waals surface area (Å²) in [5.41, 5.74) is 4.00. The molecule has 32 heavy (non-hydrogen) atoms. The first kappa shape index (κ1) is 20.7. The van der Waals surface area contributed by atoms with Gasteiger partial charge >= 0.3 is 12.1 Å². The Balaban J connectivity index is 1.42. The number of nitrogens with zero attached hydrogens (tertiary/aromatic N) is 3. The molecule has 0 radical (unpaired) electrons. The third kappa shape index (κ3) is 3.66. The number of alkyl halides is 3. The van der Waals surface area contributed by atoms with Crippen LogP contribution in [0.1, 0.15) is 45.3 Å². The molecule has 0 saturated carbocycles. The van der Waals surface area contributed by atoms with Crippen LogP contribution in [0.2, 0.25) is 0 Å². The molecule has 3 aromatic rings. The lowest BCUT2D eigenvalue weighted by molar-refractivity contribution is -0.159. The van der Waals surface area contributed by atoms with Crippen molar-refractivity contribution in [2.45, 2.75) is 38.0 Å². The van der Waals surface area contributed by atoms with Gasteiger partial charge in [0.25, 0.3) is 5.91 Å². The second-order valence-corrected chi connectivity index (χ2v) is 8.30. The number of carbonyl (C=O) groups is 1. The minimum atomic E-state index is -4.71. The molecule has 0 bridgehead atoms. The molecule has 9 heteroatoms. The topological polar surface area (TPSA) is 71.3 Å². The van der Waals surface area contributed by atoms with Crippen molar-refractivity contribution in [1.29, 1.82) is 0 Å². The number of nitrogens with one attached hydrogen (secondary N) is 1. The molecule has 1 unspecified atom stereocenters. The fourth-order valence-electron chi connectivity index (χ4n) is 4.56. The van der Waals surface area contributed by atoms with Crippen molar-refractivity contribution >= 4 is 5.91 Å². The number of piperidine rings is 1. The van der Waals surface area contributed by atoms with E-state index >= 15 is 0 Å². The number of halogens is 3. The van der Waals surface area contributed by atoms with Gasteiger partial charge in [0.15, 0.2) is 0 Å². The maximum Gasteiger partial charge on any atom is 0.471 e. The maximum absolute atomic E-state index is 13.3. The first-order valence-electron chi connectivity index (χ1n) is 10.4. The summed E-state index contributed by atoms with van der Waals surface area (Å²) in [5, 5.41) is 6.86. The summed E-state index contributed by atoms with van der Waals surface area (Å²) in [5.74, 6) is -1.55. The predicted molar refractivity (Wildman–Crippen MR) is 110 cm³/mol. The molecule has 2 aromatic carbocycles. The smallest absolute Gasteiger partial charge is 0.331 e. The second-order valence-electron chi connectivity index (χ2n) is 8.30. The van der Waals surface area contributed by atoms with Crippen LogP contribution in [0.4, 0.5) is 13.2 Å². The fraction of sp³-hybridized carbons (Fsp3) is 0.348. The first-order chi connectivity index (χ1) is 15.3. The third-order valence-electron chi connectivity index (χ3n) is 6.22. The summed E-state index contributed by atoms with van der Waals surface area (Å²) >= 11 is 0. The Morgan fingerprint density at radius 1 is 1.16 bits per heavy atom.